The Hall–Kier alpha value is -3.03. The third kappa shape index (κ3) is 2.80. The molecule has 0 bridgehead atoms. The van der Waals surface area contributed by atoms with Crippen molar-refractivity contribution in [2.24, 2.45) is 5.41 Å². The lowest BCUT2D eigenvalue weighted by molar-refractivity contribution is -0.118. The van der Waals surface area contributed by atoms with E-state index in [1.165, 1.54) is 6.33 Å². The first-order chi connectivity index (χ1) is 13.4. The molecule has 1 N–H and O–H groups in total. The maximum atomic E-state index is 13.1. The van der Waals surface area contributed by atoms with Crippen molar-refractivity contribution in [2.45, 2.75) is 32.7 Å². The van der Waals surface area contributed by atoms with E-state index in [-0.39, 0.29) is 11.2 Å². The normalized spacial score (nSPS) is 20.2. The highest BCUT2D eigenvalue weighted by molar-refractivity contribution is 6.00. The fraction of sp³-hybridized carbons (Fsp3) is 0.450. The van der Waals surface area contributed by atoms with E-state index in [1.807, 2.05) is 12.1 Å². The highest BCUT2D eigenvalue weighted by Crippen LogP contribution is 2.47. The number of hydrogen-bond donors (Lipinski definition) is 1. The number of nitrogens with zero attached hydrogens (tertiary/aromatic N) is 3. The summed E-state index contributed by atoms with van der Waals surface area (Å²) in [4.78, 5) is 17.5. The maximum Gasteiger partial charge on any atom is 0.226 e. The van der Waals surface area contributed by atoms with Gasteiger partial charge in [0.15, 0.2) is 17.3 Å². The Bertz CT molecular complexity index is 951. The van der Waals surface area contributed by atoms with E-state index in [0.717, 1.165) is 17.7 Å². The van der Waals surface area contributed by atoms with Gasteiger partial charge < -0.3 is 19.5 Å². The summed E-state index contributed by atoms with van der Waals surface area (Å²) in [5, 5.41) is 7.68. The molecule has 8 nitrogen and oxygen atoms in total. The van der Waals surface area contributed by atoms with Crippen LogP contribution in [-0.2, 0) is 4.79 Å². The summed E-state index contributed by atoms with van der Waals surface area (Å²) in [6, 6.07) is 3.31. The number of carbonyl (C=O) groups is 1. The Morgan fingerprint density at radius 1 is 1.11 bits per heavy atom. The van der Waals surface area contributed by atoms with Crippen molar-refractivity contribution in [2.75, 3.05) is 26.6 Å². The summed E-state index contributed by atoms with van der Waals surface area (Å²) >= 11 is 0. The molecular formula is C20H24N4O4. The third-order valence-corrected chi connectivity index (χ3v) is 5.28. The number of allylic oxidation sites excluding steroid dienone is 2. The highest BCUT2D eigenvalue weighted by Gasteiger charge is 2.41. The molecule has 0 radical (unpaired) electrons. The van der Waals surface area contributed by atoms with Crippen molar-refractivity contribution in [1.82, 2.24) is 14.8 Å². The summed E-state index contributed by atoms with van der Waals surface area (Å²) < 4.78 is 18.2. The van der Waals surface area contributed by atoms with Gasteiger partial charge >= 0.3 is 0 Å². The molecule has 0 saturated carbocycles. The lowest BCUT2D eigenvalue weighted by atomic mass is 9.73. The minimum absolute atomic E-state index is 0.106. The Labute approximate surface area is 163 Å². The van der Waals surface area contributed by atoms with Gasteiger partial charge in [0.1, 0.15) is 12.4 Å². The number of hydrogen-bond acceptors (Lipinski definition) is 7. The molecule has 1 aromatic heterocycles. The van der Waals surface area contributed by atoms with Gasteiger partial charge in [0.25, 0.3) is 0 Å². The second-order valence-electron chi connectivity index (χ2n) is 7.85. The molecule has 1 aromatic carbocycles. The third-order valence-electron chi connectivity index (χ3n) is 5.28. The molecule has 4 rings (SSSR count). The van der Waals surface area contributed by atoms with Gasteiger partial charge in [-0.2, -0.15) is 10.1 Å². The van der Waals surface area contributed by atoms with Gasteiger partial charge in [0.05, 0.1) is 21.3 Å². The minimum atomic E-state index is -0.411. The first-order valence-corrected chi connectivity index (χ1v) is 9.11. The smallest absolute Gasteiger partial charge is 0.226 e. The summed E-state index contributed by atoms with van der Waals surface area (Å²) in [6.07, 6.45) is 2.74. The van der Waals surface area contributed by atoms with Crippen LogP contribution in [0.2, 0.25) is 0 Å². The molecule has 2 aliphatic rings. The number of rotatable bonds is 4. The quantitative estimate of drug-likeness (QED) is 0.867. The number of Topliss-reactive ketones (excluding diaryl/α,β-unsaturated/α-hetero) is 1. The lowest BCUT2D eigenvalue weighted by Crippen LogP contribution is -2.36. The fourth-order valence-electron chi connectivity index (χ4n) is 4.12. The van der Waals surface area contributed by atoms with Gasteiger partial charge in [0.2, 0.25) is 11.7 Å². The molecule has 148 valence electrons. The van der Waals surface area contributed by atoms with Crippen LogP contribution in [0.5, 0.6) is 17.2 Å². The van der Waals surface area contributed by atoms with E-state index >= 15 is 0 Å². The number of nitrogens with one attached hydrogen (secondary N) is 1. The molecule has 0 unspecified atom stereocenters. The molecule has 0 saturated heterocycles. The van der Waals surface area contributed by atoms with Gasteiger partial charge in [-0.15, -0.1) is 0 Å². The zero-order valence-corrected chi connectivity index (χ0v) is 16.7. The van der Waals surface area contributed by atoms with Gasteiger partial charge in [0, 0.05) is 17.7 Å². The Balaban J connectivity index is 1.93. The number of anilines is 1. The van der Waals surface area contributed by atoms with Crippen molar-refractivity contribution < 1.29 is 19.0 Å². The molecule has 0 fully saturated rings. The molecule has 8 heteroatoms. The Morgan fingerprint density at radius 3 is 2.39 bits per heavy atom. The molecule has 28 heavy (non-hydrogen) atoms. The molecule has 1 aliphatic carbocycles. The van der Waals surface area contributed by atoms with Crippen LogP contribution in [0.15, 0.2) is 29.7 Å². The molecule has 1 aliphatic heterocycles. The first-order valence-electron chi connectivity index (χ1n) is 9.11. The minimum Gasteiger partial charge on any atom is -0.493 e. The van der Waals surface area contributed by atoms with E-state index < -0.39 is 6.04 Å². The summed E-state index contributed by atoms with van der Waals surface area (Å²) in [6.45, 7) is 4.20. The van der Waals surface area contributed by atoms with Crippen LogP contribution < -0.4 is 19.5 Å². The second-order valence-corrected chi connectivity index (χ2v) is 7.85. The van der Waals surface area contributed by atoms with Crippen LogP contribution >= 0.6 is 0 Å². The average molecular weight is 384 g/mol. The summed E-state index contributed by atoms with van der Waals surface area (Å²) in [5.74, 6) is 2.29. The fourth-order valence-corrected chi connectivity index (χ4v) is 4.12. The van der Waals surface area contributed by atoms with E-state index in [2.05, 4.69) is 29.2 Å². The second kappa shape index (κ2) is 6.54. The first kappa shape index (κ1) is 18.3. The van der Waals surface area contributed by atoms with Gasteiger partial charge in [-0.1, -0.05) is 13.8 Å². The van der Waals surface area contributed by atoms with Crippen LogP contribution in [0, 0.1) is 5.41 Å². The van der Waals surface area contributed by atoms with Crippen molar-refractivity contribution in [3.05, 3.63) is 35.3 Å². The largest absolute Gasteiger partial charge is 0.493 e. The molecule has 2 heterocycles. The van der Waals surface area contributed by atoms with Crippen LogP contribution in [0.4, 0.5) is 5.95 Å². The average Bonchev–Trinajstić information content (AvgIpc) is 3.12. The van der Waals surface area contributed by atoms with Crippen LogP contribution in [0.3, 0.4) is 0 Å². The zero-order chi connectivity index (χ0) is 20.1. The monoisotopic (exact) mass is 384 g/mol. The number of benzene rings is 1. The van der Waals surface area contributed by atoms with Crippen LogP contribution in [0.1, 0.15) is 38.3 Å². The van der Waals surface area contributed by atoms with Crippen molar-refractivity contribution in [3.63, 3.8) is 0 Å². The van der Waals surface area contributed by atoms with E-state index in [0.29, 0.717) is 35.2 Å². The standard InChI is InChI=1S/C20H24N4O4/c1-20(2)8-12-16(13(25)9-20)17(24-19(23-12)21-10-22-24)11-6-14(26-3)18(28-5)15(7-11)27-4/h6-7,10,17H,8-9H2,1-5H3,(H,21,22,23)/t17-/m0/s1. The van der Waals surface area contributed by atoms with Gasteiger partial charge in [-0.25, -0.2) is 4.68 Å². The molecular weight excluding hydrogens is 360 g/mol. The van der Waals surface area contributed by atoms with Gasteiger partial charge in [-0.3, -0.25) is 4.79 Å². The van der Waals surface area contributed by atoms with Crippen LogP contribution in [0.25, 0.3) is 0 Å². The maximum absolute atomic E-state index is 13.1. The number of methoxy groups -OCH3 is 3. The zero-order valence-electron chi connectivity index (χ0n) is 16.7. The number of aromatic nitrogens is 3. The lowest BCUT2D eigenvalue weighted by Gasteiger charge is -2.38. The SMILES string of the molecule is COc1cc([C@H]2C3=C(CC(C)(C)CC3=O)Nc3ncnn32)cc(OC)c1OC. The van der Waals surface area contributed by atoms with Crippen LogP contribution in [-0.4, -0.2) is 41.9 Å². The van der Waals surface area contributed by atoms with Crippen molar-refractivity contribution in [3.8, 4) is 17.2 Å². The molecule has 0 spiro atoms. The predicted molar refractivity (Wildman–Crippen MR) is 103 cm³/mol. The number of carbonyl (C=O) groups excluding carboxylic acids is 1. The molecule has 2 aromatic rings. The number of ketones is 1. The van der Waals surface area contributed by atoms with E-state index in [1.54, 1.807) is 26.0 Å². The van der Waals surface area contributed by atoms with Crippen molar-refractivity contribution in [1.29, 1.82) is 0 Å². The topological polar surface area (TPSA) is 87.5 Å². The molecule has 0 amide bonds. The Kier molecular flexibility index (Phi) is 4.28. The van der Waals surface area contributed by atoms with E-state index in [9.17, 15) is 4.79 Å². The number of fused-ring (bicyclic) bond motifs is 1. The Morgan fingerprint density at radius 2 is 1.79 bits per heavy atom. The van der Waals surface area contributed by atoms with Crippen molar-refractivity contribution >= 4 is 11.7 Å². The van der Waals surface area contributed by atoms with Gasteiger partial charge in [-0.05, 0) is 29.5 Å². The predicted octanol–water partition coefficient (Wildman–Crippen LogP) is 2.96. The van der Waals surface area contributed by atoms with E-state index in [4.69, 9.17) is 14.2 Å². The summed E-state index contributed by atoms with van der Waals surface area (Å²) in [5.41, 5.74) is 2.33. The summed E-state index contributed by atoms with van der Waals surface area (Å²) in [7, 11) is 4.71. The molecule has 1 atom stereocenters. The highest BCUT2D eigenvalue weighted by atomic mass is 16.5. The number of ether oxygens (including phenoxy) is 3.